The largest absolute Gasteiger partial charge is 0.394 e. The van der Waals surface area contributed by atoms with Gasteiger partial charge in [-0.3, -0.25) is 9.59 Å². The highest BCUT2D eigenvalue weighted by atomic mass is 32.2. The Morgan fingerprint density at radius 1 is 0.912 bits per heavy atom. The number of aliphatic hydroxyl groups is 7. The molecule has 0 bridgehead atoms. The Morgan fingerprint density at radius 3 is 2.21 bits per heavy atom. The van der Waals surface area contributed by atoms with Crippen LogP contribution in [0.15, 0.2) is 12.7 Å². The van der Waals surface area contributed by atoms with E-state index in [1.54, 1.807) is 0 Å². The smallest absolute Gasteiger partial charge is 0.244 e. The van der Waals surface area contributed by atoms with Gasteiger partial charge in [-0.25, -0.2) is 0 Å². The molecule has 14 nitrogen and oxygen atoms in total. The predicted octanol–water partition coefficient (Wildman–Crippen LogP) is -4.89. The van der Waals surface area contributed by atoms with E-state index in [0.717, 1.165) is 17.8 Å². The number of ether oxygens (including phenoxy) is 3. The van der Waals surface area contributed by atoms with E-state index in [1.165, 1.54) is 0 Å². The van der Waals surface area contributed by atoms with Crippen molar-refractivity contribution in [2.75, 3.05) is 25.6 Å². The Hall–Kier alpha value is -1.37. The first-order valence-corrected chi connectivity index (χ1v) is 11.6. The van der Waals surface area contributed by atoms with Crippen LogP contribution in [0.1, 0.15) is 6.42 Å². The minimum absolute atomic E-state index is 0.00584. The number of hydrogen-bond donors (Lipinski definition) is 9. The molecule has 34 heavy (non-hydrogen) atoms. The van der Waals surface area contributed by atoms with Crippen molar-refractivity contribution in [2.24, 2.45) is 0 Å². The molecule has 0 unspecified atom stereocenters. The topological polar surface area (TPSA) is 227 Å². The van der Waals surface area contributed by atoms with Gasteiger partial charge >= 0.3 is 0 Å². The van der Waals surface area contributed by atoms with Gasteiger partial charge < -0.3 is 60.6 Å². The molecule has 0 aromatic carbocycles. The number of aliphatic hydroxyl groups excluding tert-OH is 7. The molecule has 0 saturated carbocycles. The second-order valence-electron chi connectivity index (χ2n) is 7.65. The Balaban J connectivity index is 1.89. The zero-order valence-electron chi connectivity index (χ0n) is 18.2. The molecule has 2 heterocycles. The molecule has 0 aromatic rings. The van der Waals surface area contributed by atoms with Gasteiger partial charge in [0.15, 0.2) is 6.29 Å². The molecule has 2 aliphatic rings. The molecule has 2 amide bonds. The van der Waals surface area contributed by atoms with Crippen molar-refractivity contribution < 1.29 is 59.5 Å². The van der Waals surface area contributed by atoms with Gasteiger partial charge in [0.05, 0.1) is 19.9 Å². The summed E-state index contributed by atoms with van der Waals surface area (Å²) < 4.78 is 16.3. The first-order chi connectivity index (χ1) is 16.1. The number of rotatable bonds is 11. The second-order valence-corrected chi connectivity index (χ2v) is 8.85. The SMILES string of the molecule is C=CC(=O)NCNC(=O)CCS[C@@H]1O[C@H](CO)[C@@H](O[C@@H]2O[C@H](CO)[C@@H](O)[C@H](O)[C@H]2O)[C@H](O)[C@H]1O. The van der Waals surface area contributed by atoms with Gasteiger partial charge in [-0.2, -0.15) is 0 Å². The van der Waals surface area contributed by atoms with Gasteiger partial charge in [-0.05, 0) is 6.08 Å². The van der Waals surface area contributed by atoms with E-state index in [9.17, 15) is 45.3 Å². The first-order valence-electron chi connectivity index (χ1n) is 10.5. The van der Waals surface area contributed by atoms with Crippen molar-refractivity contribution in [2.45, 2.75) is 67.0 Å². The van der Waals surface area contributed by atoms with Crippen molar-refractivity contribution in [1.82, 2.24) is 10.6 Å². The third-order valence-corrected chi connectivity index (χ3v) is 6.46. The van der Waals surface area contributed by atoms with Gasteiger partial charge in [0.25, 0.3) is 0 Å². The van der Waals surface area contributed by atoms with Crippen LogP contribution in [-0.4, -0.2) is 134 Å². The Bertz CT molecular complexity index is 684. The van der Waals surface area contributed by atoms with E-state index in [4.69, 9.17) is 14.2 Å². The van der Waals surface area contributed by atoms with Crippen LogP contribution >= 0.6 is 11.8 Å². The zero-order chi connectivity index (χ0) is 25.4. The number of nitrogens with one attached hydrogen (secondary N) is 2. The highest BCUT2D eigenvalue weighted by Crippen LogP contribution is 2.32. The molecule has 9 N–H and O–H groups in total. The maximum absolute atomic E-state index is 11.8. The summed E-state index contributed by atoms with van der Waals surface area (Å²) in [6.45, 7) is 1.86. The summed E-state index contributed by atoms with van der Waals surface area (Å²) in [5.74, 6) is -0.658. The van der Waals surface area contributed by atoms with Crippen LogP contribution < -0.4 is 10.6 Å². The van der Waals surface area contributed by atoms with E-state index in [-0.39, 0.29) is 24.7 Å². The lowest BCUT2D eigenvalue weighted by Crippen LogP contribution is -2.64. The van der Waals surface area contributed by atoms with E-state index < -0.39 is 79.7 Å². The van der Waals surface area contributed by atoms with E-state index >= 15 is 0 Å². The van der Waals surface area contributed by atoms with E-state index in [2.05, 4.69) is 17.2 Å². The summed E-state index contributed by atoms with van der Waals surface area (Å²) in [5, 5.41) is 74.7. The maximum Gasteiger partial charge on any atom is 0.244 e. The number of thioether (sulfide) groups is 1. The normalized spacial score (nSPS) is 38.2. The zero-order valence-corrected chi connectivity index (χ0v) is 19.0. The molecule has 0 aromatic heterocycles. The standard InChI is InChI=1S/C19H32N2O12S/c1-2-10(24)20-7-21-11(25)3-4-34-19-16(30)14(28)17(9(6-23)32-19)33-18-15(29)13(27)12(26)8(5-22)31-18/h2,8-9,12-19,22-23,26-30H,1,3-7H2,(H,20,24)(H,21,25)/t8-,9-,12-,13+,14-,15-,16-,17-,18+,19+/m1/s1. The van der Waals surface area contributed by atoms with Crippen LogP contribution in [-0.2, 0) is 23.8 Å². The quantitative estimate of drug-likeness (QED) is 0.0935. The van der Waals surface area contributed by atoms with Crippen molar-refractivity contribution in [3.63, 3.8) is 0 Å². The molecule has 2 saturated heterocycles. The van der Waals surface area contributed by atoms with Crippen LogP contribution in [0.3, 0.4) is 0 Å². The monoisotopic (exact) mass is 512 g/mol. The van der Waals surface area contributed by atoms with Crippen molar-refractivity contribution >= 4 is 23.6 Å². The first kappa shape index (κ1) is 28.9. The average Bonchev–Trinajstić information content (AvgIpc) is 2.83. The summed E-state index contributed by atoms with van der Waals surface area (Å²) in [6.07, 6.45) is -12.6. The lowest BCUT2D eigenvalue weighted by molar-refractivity contribution is -0.338. The van der Waals surface area contributed by atoms with Crippen molar-refractivity contribution in [1.29, 1.82) is 0 Å². The fourth-order valence-electron chi connectivity index (χ4n) is 3.35. The molecular formula is C19H32N2O12S. The third-order valence-electron chi connectivity index (χ3n) is 5.31. The van der Waals surface area contributed by atoms with Crippen LogP contribution in [0.2, 0.25) is 0 Å². The Labute approximate surface area is 199 Å². The molecule has 0 aliphatic carbocycles. The fourth-order valence-corrected chi connectivity index (χ4v) is 4.47. The molecule has 10 atom stereocenters. The Morgan fingerprint density at radius 2 is 1.59 bits per heavy atom. The summed E-state index contributed by atoms with van der Waals surface area (Å²) in [4.78, 5) is 22.9. The number of hydrogen-bond acceptors (Lipinski definition) is 13. The molecular weight excluding hydrogens is 480 g/mol. The van der Waals surface area contributed by atoms with Gasteiger partial charge in [0.2, 0.25) is 11.8 Å². The minimum atomic E-state index is -1.75. The molecule has 2 fully saturated rings. The van der Waals surface area contributed by atoms with Crippen LogP contribution in [0.25, 0.3) is 0 Å². The molecule has 196 valence electrons. The lowest BCUT2D eigenvalue weighted by Gasteiger charge is -2.46. The van der Waals surface area contributed by atoms with Crippen LogP contribution in [0.4, 0.5) is 0 Å². The summed E-state index contributed by atoms with van der Waals surface area (Å²) in [5.41, 5.74) is -1.03. The summed E-state index contributed by atoms with van der Waals surface area (Å²) in [7, 11) is 0. The molecule has 15 heteroatoms. The lowest BCUT2D eigenvalue weighted by atomic mass is 9.97. The van der Waals surface area contributed by atoms with Crippen molar-refractivity contribution in [3.05, 3.63) is 12.7 Å². The average molecular weight is 513 g/mol. The molecule has 2 aliphatic heterocycles. The van der Waals surface area contributed by atoms with Crippen LogP contribution in [0, 0.1) is 0 Å². The predicted molar refractivity (Wildman–Crippen MR) is 115 cm³/mol. The summed E-state index contributed by atoms with van der Waals surface area (Å²) in [6, 6.07) is 0. The highest BCUT2D eigenvalue weighted by Gasteiger charge is 2.50. The maximum atomic E-state index is 11.8. The van der Waals surface area contributed by atoms with Gasteiger partial charge in [-0.15, -0.1) is 11.8 Å². The van der Waals surface area contributed by atoms with E-state index in [0.29, 0.717) is 0 Å². The fraction of sp³-hybridized carbons (Fsp3) is 0.789. The van der Waals surface area contributed by atoms with Gasteiger partial charge in [-0.1, -0.05) is 6.58 Å². The Kier molecular flexibility index (Phi) is 11.6. The van der Waals surface area contributed by atoms with Gasteiger partial charge in [0, 0.05) is 12.2 Å². The molecule has 0 spiro atoms. The van der Waals surface area contributed by atoms with Crippen LogP contribution in [0.5, 0.6) is 0 Å². The number of amides is 2. The minimum Gasteiger partial charge on any atom is -0.394 e. The molecule has 2 rings (SSSR count). The molecule has 0 radical (unpaired) electrons. The number of carbonyl (C=O) groups excluding carboxylic acids is 2. The summed E-state index contributed by atoms with van der Waals surface area (Å²) >= 11 is 1.00. The number of carbonyl (C=O) groups is 2. The van der Waals surface area contributed by atoms with Crippen molar-refractivity contribution in [3.8, 4) is 0 Å². The van der Waals surface area contributed by atoms with Gasteiger partial charge in [0.1, 0.15) is 54.3 Å². The second kappa shape index (κ2) is 13.6. The van der Waals surface area contributed by atoms with E-state index in [1.807, 2.05) is 0 Å². The highest BCUT2D eigenvalue weighted by molar-refractivity contribution is 7.99. The third kappa shape index (κ3) is 7.32.